The van der Waals surface area contributed by atoms with Gasteiger partial charge in [-0.25, -0.2) is 0 Å². The smallest absolute Gasteiger partial charge is 0.416 e. The molecule has 0 atom stereocenters. The number of halogens is 3. The summed E-state index contributed by atoms with van der Waals surface area (Å²) in [7, 11) is -1.77. The van der Waals surface area contributed by atoms with Crippen LogP contribution in [0.2, 0.25) is 0 Å². The third-order valence-electron chi connectivity index (χ3n) is 5.16. The Morgan fingerprint density at radius 1 is 1.03 bits per heavy atom. The molecule has 194 valence electrons. The Labute approximate surface area is 203 Å². The molecule has 0 radical (unpaired) electrons. The van der Waals surface area contributed by atoms with Gasteiger partial charge in [-0.05, 0) is 42.3 Å². The van der Waals surface area contributed by atoms with E-state index in [4.69, 9.17) is 13.7 Å². The summed E-state index contributed by atoms with van der Waals surface area (Å²) >= 11 is 0. The molecule has 0 N–H and O–H groups in total. The van der Waals surface area contributed by atoms with Gasteiger partial charge in [-0.2, -0.15) is 21.6 Å². The van der Waals surface area contributed by atoms with Gasteiger partial charge in [-0.3, -0.25) is 4.79 Å². The van der Waals surface area contributed by atoms with Crippen LogP contribution in [-0.4, -0.2) is 46.6 Å². The largest absolute Gasteiger partial charge is 0.493 e. The lowest BCUT2D eigenvalue weighted by Crippen LogP contribution is -2.33. The van der Waals surface area contributed by atoms with Crippen molar-refractivity contribution in [2.75, 3.05) is 27.4 Å². The highest BCUT2D eigenvalue weighted by molar-refractivity contribution is 7.87. The lowest BCUT2D eigenvalue weighted by molar-refractivity contribution is -0.137. The first-order valence-electron chi connectivity index (χ1n) is 11.1. The zero-order chi connectivity index (χ0) is 26.1. The number of carbonyl (C=O) groups excluding carboxylic acids is 1. The molecule has 0 fully saturated rings. The Morgan fingerprint density at radius 2 is 1.77 bits per heavy atom. The summed E-state index contributed by atoms with van der Waals surface area (Å²) in [4.78, 5) is 13.6. The number of unbranched alkanes of at least 4 members (excludes halogenated alkanes) is 2. The fraction of sp³-hybridized carbons (Fsp3) is 0.458. The minimum Gasteiger partial charge on any atom is -0.493 e. The fourth-order valence-electron chi connectivity index (χ4n) is 3.28. The predicted octanol–water partition coefficient (Wildman–Crippen LogP) is 5.04. The molecule has 2 aromatic carbocycles. The molecule has 0 aromatic heterocycles. The van der Waals surface area contributed by atoms with Crippen molar-refractivity contribution in [3.63, 3.8) is 0 Å². The molecular weight excluding hydrogens is 487 g/mol. The van der Waals surface area contributed by atoms with Gasteiger partial charge in [0.15, 0.2) is 11.5 Å². The van der Waals surface area contributed by atoms with E-state index in [1.165, 1.54) is 26.4 Å². The number of rotatable bonds is 13. The molecule has 0 saturated heterocycles. The van der Waals surface area contributed by atoms with Crippen LogP contribution in [0, 0.1) is 0 Å². The van der Waals surface area contributed by atoms with Crippen molar-refractivity contribution < 1.29 is 40.0 Å². The summed E-state index contributed by atoms with van der Waals surface area (Å²) in [6, 6.07) is 7.81. The van der Waals surface area contributed by atoms with Crippen LogP contribution in [0.25, 0.3) is 0 Å². The molecule has 1 amide bonds. The normalized spacial score (nSPS) is 11.8. The molecule has 0 bridgehead atoms. The molecule has 0 spiro atoms. The molecule has 7 nitrogen and oxygen atoms in total. The highest BCUT2D eigenvalue weighted by Crippen LogP contribution is 2.34. The number of benzene rings is 2. The van der Waals surface area contributed by atoms with E-state index in [0.717, 1.165) is 37.5 Å². The Kier molecular flexibility index (Phi) is 10.4. The summed E-state index contributed by atoms with van der Waals surface area (Å²) in [5, 5.41) is 0. The molecule has 0 saturated carbocycles. The first kappa shape index (κ1) is 28.4. The quantitative estimate of drug-likeness (QED) is 0.274. The Morgan fingerprint density at radius 3 is 2.40 bits per heavy atom. The van der Waals surface area contributed by atoms with Gasteiger partial charge in [0.25, 0.3) is 0 Å². The lowest BCUT2D eigenvalue weighted by atomic mass is 10.1. The second kappa shape index (κ2) is 12.8. The molecule has 0 heterocycles. The van der Waals surface area contributed by atoms with Gasteiger partial charge in [0.1, 0.15) is 4.90 Å². The zero-order valence-corrected chi connectivity index (χ0v) is 20.7. The van der Waals surface area contributed by atoms with Crippen LogP contribution in [0.4, 0.5) is 13.2 Å². The minimum atomic E-state index is -4.71. The van der Waals surface area contributed by atoms with E-state index >= 15 is 0 Å². The van der Waals surface area contributed by atoms with Crippen LogP contribution in [0.1, 0.15) is 43.7 Å². The molecule has 0 aliphatic carbocycles. The molecular formula is C24H30F3NO6S. The molecule has 2 rings (SSSR count). The van der Waals surface area contributed by atoms with E-state index in [2.05, 4.69) is 0 Å². The number of alkyl halides is 3. The van der Waals surface area contributed by atoms with Crippen LogP contribution in [0.3, 0.4) is 0 Å². The lowest BCUT2D eigenvalue weighted by Gasteiger charge is -2.23. The van der Waals surface area contributed by atoms with Crippen LogP contribution in [0.15, 0.2) is 47.4 Å². The third kappa shape index (κ3) is 8.43. The Balaban J connectivity index is 2.30. The van der Waals surface area contributed by atoms with Crippen molar-refractivity contribution in [1.29, 1.82) is 0 Å². The number of hydrogen-bond acceptors (Lipinski definition) is 6. The van der Waals surface area contributed by atoms with E-state index in [0.29, 0.717) is 31.2 Å². The van der Waals surface area contributed by atoms with E-state index in [-0.39, 0.29) is 24.0 Å². The second-order valence-corrected chi connectivity index (χ2v) is 9.36. The van der Waals surface area contributed by atoms with Gasteiger partial charge >= 0.3 is 16.3 Å². The summed E-state index contributed by atoms with van der Waals surface area (Å²) in [6.45, 7) is 2.87. The monoisotopic (exact) mass is 517 g/mol. The number of nitrogens with zero attached hydrogens (tertiary/aromatic N) is 1. The van der Waals surface area contributed by atoms with Crippen LogP contribution >= 0.6 is 0 Å². The highest BCUT2D eigenvalue weighted by Gasteiger charge is 2.32. The maximum atomic E-state index is 13.0. The standard InChI is InChI=1S/C24H30F3NO6S/c1-4-5-6-10-23(29)28(13-14-32-2)17-18-11-12-21(33-3)22(15-18)34-35(30,31)20-9-7-8-19(16-20)24(25,26)27/h7-9,11-12,15-16H,4-6,10,13-14,17H2,1-3H3. The molecule has 0 unspecified atom stereocenters. The number of ether oxygens (including phenoxy) is 2. The Hall–Kier alpha value is -2.79. The topological polar surface area (TPSA) is 82.1 Å². The minimum absolute atomic E-state index is 0.0645. The van der Waals surface area contributed by atoms with Crippen molar-refractivity contribution in [2.24, 2.45) is 0 Å². The average molecular weight is 518 g/mol. The average Bonchev–Trinajstić information content (AvgIpc) is 2.81. The van der Waals surface area contributed by atoms with Crippen molar-refractivity contribution in [3.05, 3.63) is 53.6 Å². The summed E-state index contributed by atoms with van der Waals surface area (Å²) < 4.78 is 80.0. The summed E-state index contributed by atoms with van der Waals surface area (Å²) in [5.41, 5.74) is -0.557. The number of methoxy groups -OCH3 is 2. The van der Waals surface area contributed by atoms with Gasteiger partial charge in [-0.1, -0.05) is 31.9 Å². The zero-order valence-electron chi connectivity index (χ0n) is 19.9. The van der Waals surface area contributed by atoms with E-state index < -0.39 is 26.8 Å². The summed E-state index contributed by atoms with van der Waals surface area (Å²) in [6.07, 6.45) is -1.67. The first-order valence-corrected chi connectivity index (χ1v) is 12.5. The van der Waals surface area contributed by atoms with Crippen molar-refractivity contribution in [2.45, 2.75) is 50.2 Å². The maximum absolute atomic E-state index is 13.0. The first-order chi connectivity index (χ1) is 16.5. The van der Waals surface area contributed by atoms with E-state index in [1.807, 2.05) is 6.92 Å². The van der Waals surface area contributed by atoms with Gasteiger partial charge in [0.2, 0.25) is 5.91 Å². The van der Waals surface area contributed by atoms with Gasteiger partial charge in [0, 0.05) is 26.6 Å². The fourth-order valence-corrected chi connectivity index (χ4v) is 4.26. The maximum Gasteiger partial charge on any atom is 0.416 e. The van der Waals surface area contributed by atoms with Gasteiger partial charge in [0.05, 0.1) is 19.3 Å². The molecule has 11 heteroatoms. The van der Waals surface area contributed by atoms with E-state index in [1.54, 1.807) is 11.0 Å². The van der Waals surface area contributed by atoms with E-state index in [9.17, 15) is 26.4 Å². The van der Waals surface area contributed by atoms with Crippen LogP contribution in [-0.2, 0) is 32.4 Å². The molecule has 2 aromatic rings. The van der Waals surface area contributed by atoms with Crippen molar-refractivity contribution >= 4 is 16.0 Å². The van der Waals surface area contributed by atoms with Crippen LogP contribution < -0.4 is 8.92 Å². The molecule has 0 aliphatic rings. The molecule has 0 aliphatic heterocycles. The van der Waals surface area contributed by atoms with Crippen LogP contribution in [0.5, 0.6) is 11.5 Å². The number of amides is 1. The number of carbonyl (C=O) groups is 1. The summed E-state index contributed by atoms with van der Waals surface area (Å²) in [5.74, 6) is -0.195. The predicted molar refractivity (Wildman–Crippen MR) is 124 cm³/mol. The SMILES string of the molecule is CCCCCC(=O)N(CCOC)Cc1ccc(OC)c(OS(=O)(=O)c2cccc(C(F)(F)F)c2)c1. The third-order valence-corrected chi connectivity index (χ3v) is 6.39. The van der Waals surface area contributed by atoms with Gasteiger partial charge < -0.3 is 18.6 Å². The van der Waals surface area contributed by atoms with Crippen molar-refractivity contribution in [1.82, 2.24) is 4.90 Å². The van der Waals surface area contributed by atoms with Crippen molar-refractivity contribution in [3.8, 4) is 11.5 Å². The highest BCUT2D eigenvalue weighted by atomic mass is 32.2. The number of hydrogen-bond donors (Lipinski definition) is 0. The van der Waals surface area contributed by atoms with Gasteiger partial charge in [-0.15, -0.1) is 0 Å². The Bertz CT molecular complexity index is 1090. The molecule has 35 heavy (non-hydrogen) atoms. The second-order valence-electron chi connectivity index (χ2n) is 7.81.